The predicted molar refractivity (Wildman–Crippen MR) is 68.9 cm³/mol. The van der Waals surface area contributed by atoms with Gasteiger partial charge in [-0.05, 0) is 18.1 Å². The summed E-state index contributed by atoms with van der Waals surface area (Å²) in [6, 6.07) is 9.29. The van der Waals surface area contributed by atoms with Gasteiger partial charge < -0.3 is 4.74 Å². The van der Waals surface area contributed by atoms with Gasteiger partial charge in [0.1, 0.15) is 0 Å². The van der Waals surface area contributed by atoms with Crippen LogP contribution in [0.2, 0.25) is 0 Å². The van der Waals surface area contributed by atoms with E-state index < -0.39 is 10.0 Å². The minimum Gasteiger partial charge on any atom is -0.385 e. The van der Waals surface area contributed by atoms with Crippen LogP contribution in [0.15, 0.2) is 35.7 Å². The molecule has 1 aromatic carbocycles. The molecule has 0 aliphatic rings. The highest BCUT2D eigenvalue weighted by molar-refractivity contribution is 7.92. The Hall–Kier alpha value is -1.17. The molecule has 0 saturated heterocycles. The lowest BCUT2D eigenvalue weighted by Gasteiger charge is -2.01. The maximum Gasteiger partial charge on any atom is 0.233 e. The first-order valence-electron chi connectivity index (χ1n) is 5.36. The maximum absolute atomic E-state index is 11.5. The van der Waals surface area contributed by atoms with Crippen molar-refractivity contribution in [3.8, 4) is 0 Å². The molecule has 17 heavy (non-hydrogen) atoms. The fourth-order valence-corrected chi connectivity index (χ4v) is 2.07. The molecule has 1 N–H and O–H groups in total. The molecule has 0 aromatic heterocycles. The molecule has 0 atom stereocenters. The standard InChI is InChI=1S/C12H17NO3S/c1-16-10-5-9-13-17(14,15)11-8-12-6-3-2-4-7-12/h2-4,6-8,11,13H,5,9-10H2,1H3/b11-8+. The number of ether oxygens (including phenoxy) is 1. The third-order valence-corrected chi connectivity index (χ3v) is 3.17. The molecule has 0 bridgehead atoms. The number of hydrogen-bond acceptors (Lipinski definition) is 3. The van der Waals surface area contributed by atoms with Crippen molar-refractivity contribution in [3.05, 3.63) is 41.3 Å². The molecule has 94 valence electrons. The normalized spacial score (nSPS) is 12.1. The molecule has 0 spiro atoms. The van der Waals surface area contributed by atoms with Crippen molar-refractivity contribution in [1.29, 1.82) is 0 Å². The Morgan fingerprint density at radius 3 is 2.65 bits per heavy atom. The van der Waals surface area contributed by atoms with E-state index in [2.05, 4.69) is 4.72 Å². The first-order valence-corrected chi connectivity index (χ1v) is 6.90. The Bertz CT molecular complexity index is 440. The molecule has 0 radical (unpaired) electrons. The van der Waals surface area contributed by atoms with Gasteiger partial charge in [0.15, 0.2) is 0 Å². The third-order valence-electron chi connectivity index (χ3n) is 2.07. The van der Waals surface area contributed by atoms with E-state index in [9.17, 15) is 8.42 Å². The van der Waals surface area contributed by atoms with Gasteiger partial charge in [0, 0.05) is 25.7 Å². The average Bonchev–Trinajstić information content (AvgIpc) is 2.34. The highest BCUT2D eigenvalue weighted by Crippen LogP contribution is 2.02. The molecule has 1 aromatic rings. The van der Waals surface area contributed by atoms with Crippen molar-refractivity contribution in [3.63, 3.8) is 0 Å². The molecule has 0 fully saturated rings. The number of methoxy groups -OCH3 is 1. The first-order chi connectivity index (χ1) is 8.14. The van der Waals surface area contributed by atoms with Gasteiger partial charge in [0.25, 0.3) is 0 Å². The highest BCUT2D eigenvalue weighted by Gasteiger charge is 2.03. The molecule has 5 heteroatoms. The van der Waals surface area contributed by atoms with Gasteiger partial charge in [-0.2, -0.15) is 0 Å². The van der Waals surface area contributed by atoms with E-state index in [1.165, 1.54) is 5.41 Å². The summed E-state index contributed by atoms with van der Waals surface area (Å²) in [5.41, 5.74) is 0.856. The second kappa shape index (κ2) is 7.21. The van der Waals surface area contributed by atoms with Crippen LogP contribution >= 0.6 is 0 Å². The van der Waals surface area contributed by atoms with Crippen LogP contribution in [-0.4, -0.2) is 28.7 Å². The van der Waals surface area contributed by atoms with E-state index in [-0.39, 0.29) is 0 Å². The van der Waals surface area contributed by atoms with Crippen LogP contribution in [0.3, 0.4) is 0 Å². The van der Waals surface area contributed by atoms with Gasteiger partial charge in [0.2, 0.25) is 10.0 Å². The molecular formula is C12H17NO3S. The van der Waals surface area contributed by atoms with Crippen molar-refractivity contribution < 1.29 is 13.2 Å². The monoisotopic (exact) mass is 255 g/mol. The van der Waals surface area contributed by atoms with Crippen molar-refractivity contribution in [2.24, 2.45) is 0 Å². The zero-order valence-corrected chi connectivity index (χ0v) is 10.6. The summed E-state index contributed by atoms with van der Waals surface area (Å²) in [6.45, 7) is 0.931. The van der Waals surface area contributed by atoms with Crippen molar-refractivity contribution in [1.82, 2.24) is 4.72 Å². The minimum absolute atomic E-state index is 0.384. The summed E-state index contributed by atoms with van der Waals surface area (Å²) in [5, 5.41) is 1.18. The van der Waals surface area contributed by atoms with Crippen LogP contribution in [0.25, 0.3) is 6.08 Å². The maximum atomic E-state index is 11.5. The number of sulfonamides is 1. The quantitative estimate of drug-likeness (QED) is 0.753. The molecular weight excluding hydrogens is 238 g/mol. The zero-order valence-electron chi connectivity index (χ0n) is 9.80. The average molecular weight is 255 g/mol. The first kappa shape index (κ1) is 13.9. The summed E-state index contributed by atoms with van der Waals surface area (Å²) in [5.74, 6) is 0. The fourth-order valence-electron chi connectivity index (χ4n) is 1.21. The van der Waals surface area contributed by atoms with E-state index in [4.69, 9.17) is 4.74 Å². The van der Waals surface area contributed by atoms with Gasteiger partial charge in [-0.1, -0.05) is 30.3 Å². The largest absolute Gasteiger partial charge is 0.385 e. The summed E-state index contributed by atoms with van der Waals surface area (Å²) < 4.78 is 30.4. The van der Waals surface area contributed by atoms with Crippen molar-refractivity contribution in [2.75, 3.05) is 20.3 Å². The summed E-state index contributed by atoms with van der Waals surface area (Å²) in [4.78, 5) is 0. The van der Waals surface area contributed by atoms with Crippen LogP contribution in [0.5, 0.6) is 0 Å². The zero-order chi connectivity index (χ0) is 12.6. The van der Waals surface area contributed by atoms with Gasteiger partial charge in [-0.15, -0.1) is 0 Å². The second-order valence-corrected chi connectivity index (χ2v) is 5.15. The molecule has 0 amide bonds. The van der Waals surface area contributed by atoms with Crippen molar-refractivity contribution >= 4 is 16.1 Å². The van der Waals surface area contributed by atoms with E-state index in [0.29, 0.717) is 19.6 Å². The predicted octanol–water partition coefficient (Wildman–Crippen LogP) is 1.61. The number of hydrogen-bond donors (Lipinski definition) is 1. The second-order valence-electron chi connectivity index (χ2n) is 3.50. The van der Waals surface area contributed by atoms with E-state index in [0.717, 1.165) is 5.56 Å². The summed E-state index contributed by atoms with van der Waals surface area (Å²) in [7, 11) is -1.76. The lowest BCUT2D eigenvalue weighted by Crippen LogP contribution is -2.23. The molecule has 0 unspecified atom stereocenters. The molecule has 1 rings (SSSR count). The van der Waals surface area contributed by atoms with Crippen LogP contribution in [0.4, 0.5) is 0 Å². The number of benzene rings is 1. The Morgan fingerprint density at radius 2 is 2.00 bits per heavy atom. The van der Waals surface area contributed by atoms with Crippen LogP contribution < -0.4 is 4.72 Å². The van der Waals surface area contributed by atoms with Gasteiger partial charge in [-0.25, -0.2) is 13.1 Å². The molecule has 4 nitrogen and oxygen atoms in total. The summed E-state index contributed by atoms with van der Waals surface area (Å²) >= 11 is 0. The van der Waals surface area contributed by atoms with Gasteiger partial charge in [-0.3, -0.25) is 0 Å². The van der Waals surface area contributed by atoms with E-state index >= 15 is 0 Å². The lowest BCUT2D eigenvalue weighted by molar-refractivity contribution is 0.196. The van der Waals surface area contributed by atoms with Gasteiger partial charge in [0.05, 0.1) is 0 Å². The minimum atomic E-state index is -3.35. The van der Waals surface area contributed by atoms with Crippen LogP contribution in [0, 0.1) is 0 Å². The molecule has 0 aliphatic carbocycles. The van der Waals surface area contributed by atoms with Crippen LogP contribution in [-0.2, 0) is 14.8 Å². The number of nitrogens with one attached hydrogen (secondary N) is 1. The number of rotatable bonds is 7. The SMILES string of the molecule is COCCCNS(=O)(=O)/C=C/c1ccccc1. The lowest BCUT2D eigenvalue weighted by atomic mass is 10.2. The Morgan fingerprint density at radius 1 is 1.29 bits per heavy atom. The Kier molecular flexibility index (Phi) is 5.90. The smallest absolute Gasteiger partial charge is 0.233 e. The third kappa shape index (κ3) is 6.21. The van der Waals surface area contributed by atoms with E-state index in [1.807, 2.05) is 30.3 Å². The summed E-state index contributed by atoms with van der Waals surface area (Å²) in [6.07, 6.45) is 2.23. The molecule has 0 aliphatic heterocycles. The highest BCUT2D eigenvalue weighted by atomic mass is 32.2. The Labute approximate surface area is 102 Å². The topological polar surface area (TPSA) is 55.4 Å². The van der Waals surface area contributed by atoms with E-state index in [1.54, 1.807) is 13.2 Å². The molecule has 0 heterocycles. The molecule has 0 saturated carbocycles. The van der Waals surface area contributed by atoms with Crippen LogP contribution in [0.1, 0.15) is 12.0 Å². The fraction of sp³-hybridized carbons (Fsp3) is 0.333. The van der Waals surface area contributed by atoms with Crippen molar-refractivity contribution in [2.45, 2.75) is 6.42 Å². The van der Waals surface area contributed by atoms with Gasteiger partial charge >= 0.3 is 0 Å². The Balaban J connectivity index is 2.46.